The van der Waals surface area contributed by atoms with Gasteiger partial charge in [-0.3, -0.25) is 9.48 Å². The number of carbonyl (C=O) groups is 1. The smallest absolute Gasteiger partial charge is 0.189 e. The summed E-state index contributed by atoms with van der Waals surface area (Å²) < 4.78 is 1.66. The zero-order valence-corrected chi connectivity index (χ0v) is 13.7. The summed E-state index contributed by atoms with van der Waals surface area (Å²) >= 11 is 0. The van der Waals surface area contributed by atoms with E-state index in [-0.39, 0.29) is 5.78 Å². The van der Waals surface area contributed by atoms with E-state index in [0.717, 1.165) is 24.3 Å². The molecule has 0 amide bonds. The summed E-state index contributed by atoms with van der Waals surface area (Å²) in [5.74, 6) is -0.0154. The second-order valence-electron chi connectivity index (χ2n) is 5.26. The van der Waals surface area contributed by atoms with Gasteiger partial charge in [-0.05, 0) is 44.5 Å². The molecule has 22 heavy (non-hydrogen) atoms. The Morgan fingerprint density at radius 3 is 2.36 bits per heavy atom. The van der Waals surface area contributed by atoms with Crippen molar-refractivity contribution in [3.8, 4) is 0 Å². The van der Waals surface area contributed by atoms with E-state index in [4.69, 9.17) is 0 Å². The third-order valence-corrected chi connectivity index (χ3v) is 3.73. The van der Waals surface area contributed by atoms with Gasteiger partial charge in [0.1, 0.15) is 0 Å². The minimum atomic E-state index is -0.0154. The van der Waals surface area contributed by atoms with Crippen molar-refractivity contribution in [3.63, 3.8) is 0 Å². The molecule has 0 aliphatic heterocycles. The van der Waals surface area contributed by atoms with Crippen molar-refractivity contribution >= 4 is 17.5 Å². The lowest BCUT2D eigenvalue weighted by atomic mass is 10.1. The fourth-order valence-electron chi connectivity index (χ4n) is 2.49. The lowest BCUT2D eigenvalue weighted by Gasteiger charge is -2.20. The Morgan fingerprint density at radius 2 is 1.86 bits per heavy atom. The Morgan fingerprint density at radius 1 is 1.23 bits per heavy atom. The van der Waals surface area contributed by atoms with Crippen LogP contribution in [0.5, 0.6) is 0 Å². The lowest BCUT2D eigenvalue weighted by Crippen LogP contribution is -2.21. The zero-order chi connectivity index (χ0) is 16.1. The summed E-state index contributed by atoms with van der Waals surface area (Å²) in [6.07, 6.45) is 5.21. The van der Waals surface area contributed by atoms with Crippen LogP contribution in [0, 0.1) is 6.92 Å². The second-order valence-corrected chi connectivity index (χ2v) is 5.26. The minimum Gasteiger partial charge on any atom is -0.372 e. The SMILES string of the molecule is CCN(CC)c1ccc(/C=C/C(=O)c2cn(C)nc2C)cc1. The van der Waals surface area contributed by atoms with E-state index in [0.29, 0.717) is 5.56 Å². The van der Waals surface area contributed by atoms with Crippen molar-refractivity contribution in [2.75, 3.05) is 18.0 Å². The molecule has 1 aromatic heterocycles. The van der Waals surface area contributed by atoms with E-state index in [1.807, 2.05) is 32.2 Å². The van der Waals surface area contributed by atoms with Crippen LogP contribution in [0.2, 0.25) is 0 Å². The highest BCUT2D eigenvalue weighted by Crippen LogP contribution is 2.16. The molecule has 0 saturated heterocycles. The molecule has 0 atom stereocenters. The molecule has 0 aliphatic rings. The molecule has 0 bridgehead atoms. The van der Waals surface area contributed by atoms with Crippen LogP contribution in [0.25, 0.3) is 6.08 Å². The first-order chi connectivity index (χ1) is 10.5. The highest BCUT2D eigenvalue weighted by Gasteiger charge is 2.09. The van der Waals surface area contributed by atoms with Gasteiger partial charge in [-0.25, -0.2) is 0 Å². The average molecular weight is 297 g/mol. The first-order valence-corrected chi connectivity index (χ1v) is 7.62. The summed E-state index contributed by atoms with van der Waals surface area (Å²) in [6, 6.07) is 8.25. The number of anilines is 1. The quantitative estimate of drug-likeness (QED) is 0.605. The van der Waals surface area contributed by atoms with Gasteiger partial charge in [0, 0.05) is 32.0 Å². The van der Waals surface area contributed by atoms with E-state index in [1.54, 1.807) is 17.0 Å². The molecule has 1 aromatic carbocycles. The third-order valence-electron chi connectivity index (χ3n) is 3.73. The lowest BCUT2D eigenvalue weighted by molar-refractivity contribution is 0.104. The number of carbonyl (C=O) groups excluding carboxylic acids is 1. The van der Waals surface area contributed by atoms with Crippen molar-refractivity contribution in [2.24, 2.45) is 7.05 Å². The van der Waals surface area contributed by atoms with Crippen LogP contribution >= 0.6 is 0 Å². The Kier molecular flexibility index (Phi) is 5.15. The molecule has 0 unspecified atom stereocenters. The van der Waals surface area contributed by atoms with Crippen molar-refractivity contribution in [3.05, 3.63) is 53.4 Å². The van der Waals surface area contributed by atoms with Gasteiger partial charge >= 0.3 is 0 Å². The van der Waals surface area contributed by atoms with E-state index in [9.17, 15) is 4.79 Å². The first-order valence-electron chi connectivity index (χ1n) is 7.62. The summed E-state index contributed by atoms with van der Waals surface area (Å²) in [4.78, 5) is 14.5. The van der Waals surface area contributed by atoms with Crippen molar-refractivity contribution in [1.29, 1.82) is 0 Å². The van der Waals surface area contributed by atoms with Gasteiger partial charge < -0.3 is 4.90 Å². The van der Waals surface area contributed by atoms with Crippen LogP contribution in [-0.2, 0) is 7.05 Å². The normalized spacial score (nSPS) is 11.1. The molecule has 0 radical (unpaired) electrons. The van der Waals surface area contributed by atoms with Gasteiger partial charge in [-0.15, -0.1) is 0 Å². The maximum Gasteiger partial charge on any atom is 0.189 e. The van der Waals surface area contributed by atoms with Crippen LogP contribution in [0.3, 0.4) is 0 Å². The summed E-state index contributed by atoms with van der Waals surface area (Å²) in [5, 5.41) is 4.19. The predicted octanol–water partition coefficient (Wildman–Crippen LogP) is 3.47. The minimum absolute atomic E-state index is 0.0154. The molecule has 4 heteroatoms. The molecule has 116 valence electrons. The van der Waals surface area contributed by atoms with E-state index < -0.39 is 0 Å². The van der Waals surface area contributed by atoms with Crippen molar-refractivity contribution < 1.29 is 4.79 Å². The van der Waals surface area contributed by atoms with Gasteiger partial charge in [0.25, 0.3) is 0 Å². The predicted molar refractivity (Wildman–Crippen MR) is 91.3 cm³/mol. The van der Waals surface area contributed by atoms with E-state index in [1.165, 1.54) is 5.69 Å². The molecule has 0 spiro atoms. The van der Waals surface area contributed by atoms with E-state index in [2.05, 4.69) is 36.0 Å². The van der Waals surface area contributed by atoms with Crippen molar-refractivity contribution in [1.82, 2.24) is 9.78 Å². The fourth-order valence-corrected chi connectivity index (χ4v) is 2.49. The molecule has 0 aliphatic carbocycles. The number of hydrogen-bond acceptors (Lipinski definition) is 3. The molecule has 2 aromatic rings. The Labute approximate surface area is 132 Å². The number of aromatic nitrogens is 2. The Bertz CT molecular complexity index is 664. The van der Waals surface area contributed by atoms with Crippen LogP contribution in [0.1, 0.15) is 35.5 Å². The van der Waals surface area contributed by atoms with Gasteiger partial charge in [-0.1, -0.05) is 18.2 Å². The van der Waals surface area contributed by atoms with Crippen LogP contribution in [0.15, 0.2) is 36.5 Å². The zero-order valence-electron chi connectivity index (χ0n) is 13.7. The fraction of sp³-hybridized carbons (Fsp3) is 0.333. The molecule has 0 saturated carbocycles. The van der Waals surface area contributed by atoms with Crippen LogP contribution < -0.4 is 4.90 Å². The first kappa shape index (κ1) is 16.0. The monoisotopic (exact) mass is 297 g/mol. The Balaban J connectivity index is 2.10. The maximum absolute atomic E-state index is 12.2. The van der Waals surface area contributed by atoms with Crippen molar-refractivity contribution in [2.45, 2.75) is 20.8 Å². The molecule has 0 fully saturated rings. The number of aryl methyl sites for hydroxylation is 2. The average Bonchev–Trinajstić information content (AvgIpc) is 2.86. The molecule has 2 rings (SSSR count). The summed E-state index contributed by atoms with van der Waals surface area (Å²) in [5.41, 5.74) is 3.63. The number of ketones is 1. The molecule has 0 N–H and O–H groups in total. The summed E-state index contributed by atoms with van der Waals surface area (Å²) in [7, 11) is 1.82. The van der Waals surface area contributed by atoms with Crippen LogP contribution in [-0.4, -0.2) is 28.7 Å². The summed E-state index contributed by atoms with van der Waals surface area (Å²) in [6.45, 7) is 8.12. The largest absolute Gasteiger partial charge is 0.372 e. The number of benzene rings is 1. The van der Waals surface area contributed by atoms with Gasteiger partial charge in [0.15, 0.2) is 5.78 Å². The third kappa shape index (κ3) is 3.64. The molecular formula is C18H23N3O. The molecule has 4 nitrogen and oxygen atoms in total. The second kappa shape index (κ2) is 7.07. The van der Waals surface area contributed by atoms with Gasteiger partial charge in [0.2, 0.25) is 0 Å². The topological polar surface area (TPSA) is 38.1 Å². The van der Waals surface area contributed by atoms with Crippen LogP contribution in [0.4, 0.5) is 5.69 Å². The maximum atomic E-state index is 12.2. The Hall–Kier alpha value is -2.36. The van der Waals surface area contributed by atoms with Gasteiger partial charge in [0.05, 0.1) is 11.3 Å². The van der Waals surface area contributed by atoms with Gasteiger partial charge in [-0.2, -0.15) is 5.10 Å². The number of hydrogen-bond donors (Lipinski definition) is 0. The number of rotatable bonds is 6. The standard InChI is InChI=1S/C18H23N3O/c1-5-21(6-2)16-10-7-15(8-11-16)9-12-18(22)17-13-20(4)19-14(17)3/h7-13H,5-6H2,1-4H3/b12-9+. The highest BCUT2D eigenvalue weighted by molar-refractivity contribution is 6.07. The van der Waals surface area contributed by atoms with E-state index >= 15 is 0 Å². The highest BCUT2D eigenvalue weighted by atomic mass is 16.1. The molecule has 1 heterocycles. The number of nitrogens with zero attached hydrogens (tertiary/aromatic N) is 3. The molecular weight excluding hydrogens is 274 g/mol. The number of allylic oxidation sites excluding steroid dienone is 1.